The molecule has 2 nitrogen and oxygen atoms in total. The SMILES string of the molecule is Bc1ccc(F)cc1C(=O)OC. The normalized spacial score (nSPS) is 9.50. The van der Waals surface area contributed by atoms with E-state index in [4.69, 9.17) is 0 Å². The van der Waals surface area contributed by atoms with Crippen LogP contribution in [0.5, 0.6) is 0 Å². The third-order valence-corrected chi connectivity index (χ3v) is 1.60. The van der Waals surface area contributed by atoms with Gasteiger partial charge in [-0.1, -0.05) is 11.5 Å². The molecule has 0 amide bonds. The molecule has 0 aromatic heterocycles. The number of benzene rings is 1. The number of rotatable bonds is 1. The Hall–Kier alpha value is -1.32. The summed E-state index contributed by atoms with van der Waals surface area (Å²) in [6, 6.07) is 4.02. The quantitative estimate of drug-likeness (QED) is 0.429. The number of hydrogen-bond acceptors (Lipinski definition) is 2. The van der Waals surface area contributed by atoms with E-state index in [1.54, 1.807) is 13.9 Å². The maximum Gasteiger partial charge on any atom is 0.337 e. The van der Waals surface area contributed by atoms with E-state index in [1.165, 1.54) is 19.2 Å². The van der Waals surface area contributed by atoms with E-state index in [9.17, 15) is 9.18 Å². The lowest BCUT2D eigenvalue weighted by molar-refractivity contribution is 0.0602. The van der Waals surface area contributed by atoms with E-state index in [1.807, 2.05) is 0 Å². The zero-order chi connectivity index (χ0) is 9.14. The first-order valence-corrected chi connectivity index (χ1v) is 3.49. The zero-order valence-corrected chi connectivity index (χ0v) is 6.93. The van der Waals surface area contributed by atoms with Gasteiger partial charge in [-0.25, -0.2) is 9.18 Å². The van der Waals surface area contributed by atoms with Crippen LogP contribution in [0.4, 0.5) is 4.39 Å². The molecule has 0 unspecified atom stereocenters. The predicted molar refractivity (Wildman–Crippen MR) is 45.9 cm³/mol. The molecule has 1 aromatic carbocycles. The highest BCUT2D eigenvalue weighted by atomic mass is 19.1. The summed E-state index contributed by atoms with van der Waals surface area (Å²) in [5, 5.41) is 0. The first-order chi connectivity index (χ1) is 5.65. The molecular formula is C8H8BFO2. The summed E-state index contributed by atoms with van der Waals surface area (Å²) in [5.41, 5.74) is 0.987. The van der Waals surface area contributed by atoms with Crippen molar-refractivity contribution in [1.82, 2.24) is 0 Å². The zero-order valence-electron chi connectivity index (χ0n) is 6.93. The van der Waals surface area contributed by atoms with E-state index in [-0.39, 0.29) is 5.56 Å². The molecule has 12 heavy (non-hydrogen) atoms. The smallest absolute Gasteiger partial charge is 0.337 e. The van der Waals surface area contributed by atoms with Gasteiger partial charge in [-0.05, 0) is 12.1 Å². The number of carbonyl (C=O) groups excluding carboxylic acids is 1. The van der Waals surface area contributed by atoms with Gasteiger partial charge in [0.2, 0.25) is 0 Å². The summed E-state index contributed by atoms with van der Waals surface area (Å²) < 4.78 is 17.1. The van der Waals surface area contributed by atoms with Crippen LogP contribution in [0.15, 0.2) is 18.2 Å². The molecule has 0 N–H and O–H groups in total. The van der Waals surface area contributed by atoms with Crippen molar-refractivity contribution in [2.45, 2.75) is 0 Å². The molecule has 0 saturated heterocycles. The summed E-state index contributed by atoms with van der Waals surface area (Å²) in [6.07, 6.45) is 0. The first kappa shape index (κ1) is 8.78. The van der Waals surface area contributed by atoms with Crippen LogP contribution in [0, 0.1) is 5.82 Å². The molecule has 0 radical (unpaired) electrons. The standard InChI is InChI=1S/C8H8BFO2/c1-12-8(11)6-4-5(10)2-3-7(6)9/h2-4H,9H2,1H3. The minimum absolute atomic E-state index is 0.275. The molecule has 4 heteroatoms. The van der Waals surface area contributed by atoms with Gasteiger partial charge in [0.1, 0.15) is 13.7 Å². The number of carbonyl (C=O) groups is 1. The molecule has 1 rings (SSSR count). The predicted octanol–water partition coefficient (Wildman–Crippen LogP) is -0.129. The van der Waals surface area contributed by atoms with Crippen LogP contribution in [0.25, 0.3) is 0 Å². The molecule has 0 bridgehead atoms. The Morgan fingerprint density at radius 3 is 2.83 bits per heavy atom. The van der Waals surface area contributed by atoms with E-state index >= 15 is 0 Å². The summed E-state index contributed by atoms with van der Waals surface area (Å²) in [6.45, 7) is 0. The number of esters is 1. The van der Waals surface area contributed by atoms with Crippen LogP contribution in [0.1, 0.15) is 10.4 Å². The fourth-order valence-corrected chi connectivity index (χ4v) is 0.924. The van der Waals surface area contributed by atoms with E-state index in [2.05, 4.69) is 4.74 Å². The highest BCUT2D eigenvalue weighted by Gasteiger charge is 2.08. The van der Waals surface area contributed by atoms with Crippen molar-refractivity contribution >= 4 is 19.3 Å². The van der Waals surface area contributed by atoms with Gasteiger partial charge in [-0.3, -0.25) is 0 Å². The molecule has 0 fully saturated rings. The van der Waals surface area contributed by atoms with E-state index < -0.39 is 11.8 Å². The second-order valence-corrected chi connectivity index (χ2v) is 2.45. The number of ether oxygens (including phenoxy) is 1. The average molecular weight is 166 g/mol. The Balaban J connectivity index is 3.13. The van der Waals surface area contributed by atoms with E-state index in [0.717, 1.165) is 0 Å². The van der Waals surface area contributed by atoms with Crippen molar-refractivity contribution in [3.8, 4) is 0 Å². The molecular weight excluding hydrogens is 158 g/mol. The van der Waals surface area contributed by atoms with Gasteiger partial charge in [0, 0.05) is 0 Å². The van der Waals surface area contributed by atoms with Crippen molar-refractivity contribution in [2.24, 2.45) is 0 Å². The van der Waals surface area contributed by atoms with Crippen LogP contribution in [0.2, 0.25) is 0 Å². The summed E-state index contributed by atoms with van der Waals surface area (Å²) in [4.78, 5) is 11.0. The van der Waals surface area contributed by atoms with Gasteiger partial charge >= 0.3 is 5.97 Å². The Labute approximate surface area is 70.8 Å². The maximum absolute atomic E-state index is 12.6. The van der Waals surface area contributed by atoms with Crippen LogP contribution in [-0.4, -0.2) is 20.9 Å². The van der Waals surface area contributed by atoms with Gasteiger partial charge < -0.3 is 4.74 Å². The Bertz CT molecular complexity index is 312. The minimum Gasteiger partial charge on any atom is -0.465 e. The van der Waals surface area contributed by atoms with Crippen molar-refractivity contribution in [2.75, 3.05) is 7.11 Å². The van der Waals surface area contributed by atoms with Gasteiger partial charge in [-0.15, -0.1) is 0 Å². The van der Waals surface area contributed by atoms with Gasteiger partial charge in [0.15, 0.2) is 0 Å². The van der Waals surface area contributed by atoms with Gasteiger partial charge in [0.05, 0.1) is 12.7 Å². The van der Waals surface area contributed by atoms with Crippen molar-refractivity contribution in [1.29, 1.82) is 0 Å². The molecule has 0 spiro atoms. The Morgan fingerprint density at radius 1 is 1.58 bits per heavy atom. The summed E-state index contributed by atoms with van der Waals surface area (Å²) in [7, 11) is 3.00. The number of methoxy groups -OCH3 is 1. The fraction of sp³-hybridized carbons (Fsp3) is 0.125. The molecule has 0 aliphatic carbocycles. The number of halogens is 1. The summed E-state index contributed by atoms with van der Waals surface area (Å²) >= 11 is 0. The largest absolute Gasteiger partial charge is 0.465 e. The second kappa shape index (κ2) is 3.39. The summed E-state index contributed by atoms with van der Waals surface area (Å²) in [5.74, 6) is -0.937. The van der Waals surface area contributed by atoms with Crippen molar-refractivity contribution in [3.05, 3.63) is 29.6 Å². The van der Waals surface area contributed by atoms with Crippen LogP contribution in [-0.2, 0) is 4.74 Å². The maximum atomic E-state index is 12.6. The molecule has 0 aliphatic rings. The molecule has 0 heterocycles. The third kappa shape index (κ3) is 1.64. The van der Waals surface area contributed by atoms with Gasteiger partial charge in [0.25, 0.3) is 0 Å². The molecule has 1 aromatic rings. The minimum atomic E-state index is -0.507. The van der Waals surface area contributed by atoms with E-state index in [0.29, 0.717) is 5.46 Å². The molecule has 62 valence electrons. The molecule has 0 aliphatic heterocycles. The average Bonchev–Trinajstić information content (AvgIpc) is 2.08. The first-order valence-electron chi connectivity index (χ1n) is 3.49. The lowest BCUT2D eigenvalue weighted by Gasteiger charge is -2.02. The van der Waals surface area contributed by atoms with Gasteiger partial charge in [-0.2, -0.15) is 0 Å². The molecule has 0 saturated carbocycles. The van der Waals surface area contributed by atoms with Crippen LogP contribution in [0.3, 0.4) is 0 Å². The van der Waals surface area contributed by atoms with Crippen LogP contribution >= 0.6 is 0 Å². The fourth-order valence-electron chi connectivity index (χ4n) is 0.924. The van der Waals surface area contributed by atoms with Crippen LogP contribution < -0.4 is 5.46 Å². The van der Waals surface area contributed by atoms with Crippen molar-refractivity contribution in [3.63, 3.8) is 0 Å². The molecule has 0 atom stereocenters. The second-order valence-electron chi connectivity index (χ2n) is 2.45. The lowest BCUT2D eigenvalue weighted by atomic mass is 9.90. The number of hydrogen-bond donors (Lipinski definition) is 0. The monoisotopic (exact) mass is 166 g/mol. The Morgan fingerprint density at radius 2 is 2.25 bits per heavy atom. The topological polar surface area (TPSA) is 26.3 Å². The highest BCUT2D eigenvalue weighted by Crippen LogP contribution is 2.01. The third-order valence-electron chi connectivity index (χ3n) is 1.60. The Kier molecular flexibility index (Phi) is 2.48. The van der Waals surface area contributed by atoms with Crippen molar-refractivity contribution < 1.29 is 13.9 Å². The lowest BCUT2D eigenvalue weighted by Crippen LogP contribution is -2.17. The highest BCUT2D eigenvalue weighted by molar-refractivity contribution is 6.36.